The first-order chi connectivity index (χ1) is 10.9. The third kappa shape index (κ3) is 8.87. The van der Waals surface area contributed by atoms with E-state index in [4.69, 9.17) is 5.11 Å². The second kappa shape index (κ2) is 9.89. The number of thioether (sulfide) groups is 1. The number of carbonyl (C=O) groups excluding carboxylic acids is 2. The molecule has 126 valence electrons. The van der Waals surface area contributed by atoms with Gasteiger partial charge in [-0.15, -0.1) is 11.8 Å². The number of aliphatic carboxylic acids is 1. The normalized spacial score (nSPS) is 11.6. The maximum Gasteiger partial charge on any atom is 0.303 e. The van der Waals surface area contributed by atoms with Gasteiger partial charge in [0.05, 0.1) is 11.5 Å². The van der Waals surface area contributed by atoms with Crippen LogP contribution in [0.25, 0.3) is 0 Å². The number of nitrogens with one attached hydrogen (secondary N) is 2. The van der Waals surface area contributed by atoms with Crippen molar-refractivity contribution in [1.29, 1.82) is 0 Å². The van der Waals surface area contributed by atoms with E-state index in [0.717, 1.165) is 11.3 Å². The Hall–Kier alpha value is -2.02. The minimum Gasteiger partial charge on any atom is -0.481 e. The summed E-state index contributed by atoms with van der Waals surface area (Å²) >= 11 is 1.22. The number of rotatable bonds is 9. The Kier molecular flexibility index (Phi) is 8.18. The molecular weight excluding hydrogens is 316 g/mol. The van der Waals surface area contributed by atoms with E-state index in [2.05, 4.69) is 10.6 Å². The summed E-state index contributed by atoms with van der Waals surface area (Å²) < 4.78 is 0. The van der Waals surface area contributed by atoms with Crippen LogP contribution in [0.2, 0.25) is 0 Å². The lowest BCUT2D eigenvalue weighted by molar-refractivity contribution is -0.137. The number of benzene rings is 1. The molecule has 7 heteroatoms. The lowest BCUT2D eigenvalue weighted by Gasteiger charge is -2.12. The van der Waals surface area contributed by atoms with Crippen LogP contribution in [0.5, 0.6) is 0 Å². The van der Waals surface area contributed by atoms with Crippen LogP contribution in [-0.4, -0.2) is 40.4 Å². The number of carboxylic acids is 1. The van der Waals surface area contributed by atoms with Crippen molar-refractivity contribution < 1.29 is 19.5 Å². The summed E-state index contributed by atoms with van der Waals surface area (Å²) in [7, 11) is 0. The Balaban J connectivity index is 2.19. The fourth-order valence-corrected chi connectivity index (χ4v) is 2.43. The summed E-state index contributed by atoms with van der Waals surface area (Å²) in [6, 6.07) is 7.29. The van der Waals surface area contributed by atoms with E-state index in [-0.39, 0.29) is 35.8 Å². The summed E-state index contributed by atoms with van der Waals surface area (Å²) in [6.45, 7) is 3.73. The SMILES string of the molecule is Cc1ccc(NC(=O)CSCC(=O)NC(C)CCC(=O)O)cc1. The molecule has 1 aromatic carbocycles. The number of amides is 2. The lowest BCUT2D eigenvalue weighted by Crippen LogP contribution is -2.34. The first-order valence-electron chi connectivity index (χ1n) is 7.32. The zero-order chi connectivity index (χ0) is 17.2. The van der Waals surface area contributed by atoms with Gasteiger partial charge in [-0.1, -0.05) is 17.7 Å². The highest BCUT2D eigenvalue weighted by Gasteiger charge is 2.10. The zero-order valence-electron chi connectivity index (χ0n) is 13.3. The van der Waals surface area contributed by atoms with Crippen molar-refractivity contribution in [3.05, 3.63) is 29.8 Å². The molecule has 0 spiro atoms. The molecular formula is C16H22N2O4S. The van der Waals surface area contributed by atoms with Gasteiger partial charge >= 0.3 is 5.97 Å². The summed E-state index contributed by atoms with van der Waals surface area (Å²) in [6.07, 6.45) is 0.410. The summed E-state index contributed by atoms with van der Waals surface area (Å²) in [5.41, 5.74) is 1.85. The molecule has 23 heavy (non-hydrogen) atoms. The Labute approximate surface area is 140 Å². The van der Waals surface area contributed by atoms with Crippen LogP contribution in [0, 0.1) is 6.92 Å². The zero-order valence-corrected chi connectivity index (χ0v) is 14.1. The maximum atomic E-state index is 11.7. The van der Waals surface area contributed by atoms with E-state index in [1.807, 2.05) is 31.2 Å². The number of aryl methyl sites for hydroxylation is 1. The Morgan fingerprint density at radius 3 is 2.35 bits per heavy atom. The predicted molar refractivity (Wildman–Crippen MR) is 91.6 cm³/mol. The average Bonchev–Trinajstić information content (AvgIpc) is 2.47. The van der Waals surface area contributed by atoms with Crippen molar-refractivity contribution in [2.24, 2.45) is 0 Å². The number of hydrogen-bond acceptors (Lipinski definition) is 4. The fourth-order valence-electron chi connectivity index (χ4n) is 1.80. The van der Waals surface area contributed by atoms with Crippen LogP contribution in [-0.2, 0) is 14.4 Å². The Morgan fingerprint density at radius 1 is 1.13 bits per heavy atom. The van der Waals surface area contributed by atoms with Crippen LogP contribution >= 0.6 is 11.8 Å². The van der Waals surface area contributed by atoms with Crippen molar-refractivity contribution in [3.8, 4) is 0 Å². The van der Waals surface area contributed by atoms with Crippen LogP contribution in [0.4, 0.5) is 5.69 Å². The van der Waals surface area contributed by atoms with Crippen molar-refractivity contribution in [2.45, 2.75) is 32.7 Å². The van der Waals surface area contributed by atoms with Crippen molar-refractivity contribution >= 4 is 35.2 Å². The van der Waals surface area contributed by atoms with Gasteiger partial charge in [0.15, 0.2) is 0 Å². The van der Waals surface area contributed by atoms with Gasteiger partial charge in [-0.3, -0.25) is 14.4 Å². The molecule has 0 aliphatic carbocycles. The van der Waals surface area contributed by atoms with Crippen molar-refractivity contribution in [2.75, 3.05) is 16.8 Å². The minimum absolute atomic E-state index is 0.0214. The first kappa shape index (κ1) is 19.0. The molecule has 2 amide bonds. The van der Waals surface area contributed by atoms with E-state index in [9.17, 15) is 14.4 Å². The highest BCUT2D eigenvalue weighted by molar-refractivity contribution is 8.00. The molecule has 1 unspecified atom stereocenters. The van der Waals surface area contributed by atoms with Gasteiger partial charge in [0.1, 0.15) is 0 Å². The van der Waals surface area contributed by atoms with Gasteiger partial charge in [-0.05, 0) is 32.4 Å². The quantitative estimate of drug-likeness (QED) is 0.640. The molecule has 0 aromatic heterocycles. The molecule has 0 aliphatic rings. The Bertz CT molecular complexity index is 546. The van der Waals surface area contributed by atoms with Gasteiger partial charge in [0.25, 0.3) is 0 Å². The van der Waals surface area contributed by atoms with Crippen molar-refractivity contribution in [1.82, 2.24) is 5.32 Å². The molecule has 0 fully saturated rings. The maximum absolute atomic E-state index is 11.7. The Morgan fingerprint density at radius 2 is 1.74 bits per heavy atom. The van der Waals surface area contributed by atoms with E-state index in [0.29, 0.717) is 6.42 Å². The second-order valence-corrected chi connectivity index (χ2v) is 6.29. The molecule has 1 aromatic rings. The molecule has 0 heterocycles. The summed E-state index contributed by atoms with van der Waals surface area (Å²) in [4.78, 5) is 33.9. The van der Waals surface area contributed by atoms with Crippen LogP contribution < -0.4 is 10.6 Å². The van der Waals surface area contributed by atoms with Crippen LogP contribution in [0.1, 0.15) is 25.3 Å². The van der Waals surface area contributed by atoms with Gasteiger partial charge in [-0.2, -0.15) is 0 Å². The van der Waals surface area contributed by atoms with E-state index < -0.39 is 5.97 Å². The molecule has 0 radical (unpaired) electrons. The third-order valence-electron chi connectivity index (χ3n) is 3.00. The third-order valence-corrected chi connectivity index (χ3v) is 3.93. The molecule has 0 bridgehead atoms. The first-order valence-corrected chi connectivity index (χ1v) is 8.47. The van der Waals surface area contributed by atoms with E-state index in [1.54, 1.807) is 6.92 Å². The minimum atomic E-state index is -0.881. The largest absolute Gasteiger partial charge is 0.481 e. The summed E-state index contributed by atoms with van der Waals surface area (Å²) in [5.74, 6) is -0.890. The highest BCUT2D eigenvalue weighted by Crippen LogP contribution is 2.09. The number of anilines is 1. The summed E-state index contributed by atoms with van der Waals surface area (Å²) in [5, 5.41) is 14.0. The number of carbonyl (C=O) groups is 3. The smallest absolute Gasteiger partial charge is 0.303 e. The molecule has 0 aliphatic heterocycles. The lowest BCUT2D eigenvalue weighted by atomic mass is 10.2. The molecule has 3 N–H and O–H groups in total. The van der Waals surface area contributed by atoms with Crippen LogP contribution in [0.15, 0.2) is 24.3 Å². The van der Waals surface area contributed by atoms with Crippen molar-refractivity contribution in [3.63, 3.8) is 0 Å². The standard InChI is InChI=1S/C16H22N2O4S/c1-11-3-6-13(7-4-11)18-15(20)10-23-9-14(19)17-12(2)5-8-16(21)22/h3-4,6-7,12H,5,8-10H2,1-2H3,(H,17,19)(H,18,20)(H,21,22). The fraction of sp³-hybridized carbons (Fsp3) is 0.438. The number of carboxylic acid groups (broad SMARTS) is 1. The topological polar surface area (TPSA) is 95.5 Å². The predicted octanol–water partition coefficient (Wildman–Crippen LogP) is 2.04. The monoisotopic (exact) mass is 338 g/mol. The van der Waals surface area contributed by atoms with Gasteiger partial charge in [0.2, 0.25) is 11.8 Å². The molecule has 0 saturated carbocycles. The molecule has 6 nitrogen and oxygen atoms in total. The van der Waals surface area contributed by atoms with E-state index in [1.165, 1.54) is 11.8 Å². The average molecular weight is 338 g/mol. The van der Waals surface area contributed by atoms with E-state index >= 15 is 0 Å². The van der Waals surface area contributed by atoms with Gasteiger partial charge < -0.3 is 15.7 Å². The highest BCUT2D eigenvalue weighted by atomic mass is 32.2. The van der Waals surface area contributed by atoms with Crippen LogP contribution in [0.3, 0.4) is 0 Å². The second-order valence-electron chi connectivity index (χ2n) is 5.31. The molecule has 0 saturated heterocycles. The molecule has 1 rings (SSSR count). The molecule has 1 atom stereocenters. The van der Waals surface area contributed by atoms with Gasteiger partial charge in [0, 0.05) is 18.2 Å². The van der Waals surface area contributed by atoms with Gasteiger partial charge in [-0.25, -0.2) is 0 Å². The number of hydrogen-bond donors (Lipinski definition) is 3.